The number of morpholine rings is 1. The van der Waals surface area contributed by atoms with Gasteiger partial charge in [0.15, 0.2) is 0 Å². The molecule has 0 bridgehead atoms. The first-order chi connectivity index (χ1) is 19.8. The minimum atomic E-state index is -0.965. The van der Waals surface area contributed by atoms with Crippen molar-refractivity contribution in [3.63, 3.8) is 0 Å². The van der Waals surface area contributed by atoms with Crippen LogP contribution in [-0.4, -0.2) is 58.0 Å². The molecule has 1 saturated heterocycles. The summed E-state index contributed by atoms with van der Waals surface area (Å²) < 4.78 is 7.31. The number of ether oxygens (including phenoxy) is 1. The molecule has 5 rings (SSSR count). The van der Waals surface area contributed by atoms with Crippen molar-refractivity contribution in [2.75, 3.05) is 26.3 Å². The quantitative estimate of drug-likeness (QED) is 0.282. The molecule has 1 fully saturated rings. The number of rotatable bonds is 5. The second kappa shape index (κ2) is 11.2. The van der Waals surface area contributed by atoms with Gasteiger partial charge in [-0.05, 0) is 76.6 Å². The van der Waals surface area contributed by atoms with E-state index in [1.54, 1.807) is 24.3 Å². The van der Waals surface area contributed by atoms with E-state index in [1.165, 1.54) is 11.1 Å². The van der Waals surface area contributed by atoms with Crippen LogP contribution in [0, 0.1) is 0 Å². The van der Waals surface area contributed by atoms with Crippen molar-refractivity contribution in [3.8, 4) is 28.2 Å². The number of hydrogen-bond acceptors (Lipinski definition) is 4. The van der Waals surface area contributed by atoms with E-state index in [-0.39, 0.29) is 22.3 Å². The summed E-state index contributed by atoms with van der Waals surface area (Å²) in [6, 6.07) is 23.1. The smallest absolute Gasteiger partial charge is 0.335 e. The third kappa shape index (κ3) is 6.16. The summed E-state index contributed by atoms with van der Waals surface area (Å²) in [4.78, 5) is 26.3. The minimum Gasteiger partial charge on any atom is -0.478 e. The van der Waals surface area contributed by atoms with Gasteiger partial charge >= 0.3 is 5.97 Å². The molecule has 3 aromatic carbocycles. The molecule has 0 spiro atoms. The number of nitrogens with zero attached hydrogens (tertiary/aromatic N) is 3. The van der Waals surface area contributed by atoms with Crippen LogP contribution in [0.15, 0.2) is 72.8 Å². The van der Waals surface area contributed by atoms with Gasteiger partial charge in [-0.1, -0.05) is 59.7 Å². The van der Waals surface area contributed by atoms with E-state index >= 15 is 0 Å². The number of aromatic carboxylic acids is 1. The molecule has 1 aliphatic heterocycles. The first-order valence-electron chi connectivity index (χ1n) is 14.4. The summed E-state index contributed by atoms with van der Waals surface area (Å²) in [6.07, 6.45) is 0. The number of benzene rings is 3. The first-order valence-corrected chi connectivity index (χ1v) is 14.4. The maximum Gasteiger partial charge on any atom is 0.335 e. The monoisotopic (exact) mass is 565 g/mol. The van der Waals surface area contributed by atoms with Gasteiger partial charge in [0.1, 0.15) is 0 Å². The molecule has 7 heteroatoms. The number of carboxylic acid groups (broad SMARTS) is 1. The van der Waals surface area contributed by atoms with Crippen molar-refractivity contribution in [2.45, 2.75) is 52.4 Å². The van der Waals surface area contributed by atoms with Gasteiger partial charge in [0.25, 0.3) is 5.91 Å². The lowest BCUT2D eigenvalue weighted by atomic mass is 9.79. The Morgan fingerprint density at radius 2 is 1.29 bits per heavy atom. The van der Waals surface area contributed by atoms with Crippen LogP contribution < -0.4 is 0 Å². The summed E-state index contributed by atoms with van der Waals surface area (Å²) in [5.41, 5.74) is 7.54. The Kier molecular flexibility index (Phi) is 7.82. The van der Waals surface area contributed by atoms with Gasteiger partial charge in [-0.25, -0.2) is 9.48 Å². The van der Waals surface area contributed by atoms with Crippen LogP contribution >= 0.6 is 0 Å². The molecule has 42 heavy (non-hydrogen) atoms. The molecule has 0 atom stereocenters. The maximum absolute atomic E-state index is 13.1. The number of amides is 1. The highest BCUT2D eigenvalue weighted by atomic mass is 16.5. The summed E-state index contributed by atoms with van der Waals surface area (Å²) in [7, 11) is 0. The molecule has 1 N–H and O–H groups in total. The van der Waals surface area contributed by atoms with Gasteiger partial charge in [0.2, 0.25) is 0 Å². The van der Waals surface area contributed by atoms with Crippen LogP contribution in [0.4, 0.5) is 0 Å². The van der Waals surface area contributed by atoms with Crippen LogP contribution in [-0.2, 0) is 15.6 Å². The largest absolute Gasteiger partial charge is 0.478 e. The van der Waals surface area contributed by atoms with Crippen molar-refractivity contribution in [3.05, 3.63) is 95.1 Å². The highest BCUT2D eigenvalue weighted by Gasteiger charge is 2.24. The molecular formula is C35H39N3O4. The molecule has 2 heterocycles. The normalized spacial score (nSPS) is 14.2. The van der Waals surface area contributed by atoms with Crippen LogP contribution in [0.1, 0.15) is 73.4 Å². The van der Waals surface area contributed by atoms with Crippen LogP contribution in [0.2, 0.25) is 0 Å². The Morgan fingerprint density at radius 1 is 0.738 bits per heavy atom. The zero-order valence-corrected chi connectivity index (χ0v) is 25.3. The third-order valence-corrected chi connectivity index (χ3v) is 7.75. The molecule has 7 nitrogen and oxygen atoms in total. The third-order valence-electron chi connectivity index (χ3n) is 7.75. The van der Waals surface area contributed by atoms with Crippen LogP contribution in [0.25, 0.3) is 28.2 Å². The molecular weight excluding hydrogens is 526 g/mol. The van der Waals surface area contributed by atoms with E-state index in [0.29, 0.717) is 31.9 Å². The fraction of sp³-hybridized carbons (Fsp3) is 0.343. The van der Waals surface area contributed by atoms with Crippen molar-refractivity contribution >= 4 is 11.9 Å². The second-order valence-electron chi connectivity index (χ2n) is 13.0. The van der Waals surface area contributed by atoms with E-state index in [0.717, 1.165) is 28.2 Å². The van der Waals surface area contributed by atoms with Crippen LogP contribution in [0.5, 0.6) is 0 Å². The predicted octanol–water partition coefficient (Wildman–Crippen LogP) is 6.97. The molecule has 4 aromatic rings. The summed E-state index contributed by atoms with van der Waals surface area (Å²) >= 11 is 0. The highest BCUT2D eigenvalue weighted by Crippen LogP contribution is 2.36. The first kappa shape index (κ1) is 29.3. The topological polar surface area (TPSA) is 84.7 Å². The van der Waals surface area contributed by atoms with Gasteiger partial charge in [-0.2, -0.15) is 5.10 Å². The maximum atomic E-state index is 13.1. The lowest BCUT2D eigenvalue weighted by molar-refractivity contribution is 0.0303. The van der Waals surface area contributed by atoms with Crippen molar-refractivity contribution in [1.82, 2.24) is 14.7 Å². The van der Waals surface area contributed by atoms with Gasteiger partial charge in [0, 0.05) is 29.8 Å². The molecule has 1 amide bonds. The van der Waals surface area contributed by atoms with Crippen molar-refractivity contribution in [2.24, 2.45) is 0 Å². The minimum absolute atomic E-state index is 0.00237. The SMILES string of the molecule is CC(C)(C)c1cc(-c2cc(-c3ccc(C(=O)O)cc3)nn2-c2ccc(C(=O)N3CCOCC3)cc2)cc(C(C)(C)C)c1. The van der Waals surface area contributed by atoms with Crippen molar-refractivity contribution in [1.29, 1.82) is 0 Å². The second-order valence-corrected chi connectivity index (χ2v) is 13.0. The summed E-state index contributed by atoms with van der Waals surface area (Å²) in [6.45, 7) is 15.6. The van der Waals surface area contributed by atoms with Gasteiger partial charge in [0.05, 0.1) is 35.9 Å². The van der Waals surface area contributed by atoms with Gasteiger partial charge in [-0.3, -0.25) is 4.79 Å². The molecule has 0 saturated carbocycles. The molecule has 0 radical (unpaired) electrons. The molecule has 218 valence electrons. The molecule has 1 aromatic heterocycles. The lowest BCUT2D eigenvalue weighted by Gasteiger charge is -2.27. The van der Waals surface area contributed by atoms with E-state index in [9.17, 15) is 14.7 Å². The summed E-state index contributed by atoms with van der Waals surface area (Å²) in [5.74, 6) is -0.967. The van der Waals surface area contributed by atoms with Crippen molar-refractivity contribution < 1.29 is 19.4 Å². The van der Waals surface area contributed by atoms with E-state index in [2.05, 4.69) is 65.8 Å². The zero-order chi connectivity index (χ0) is 30.2. The lowest BCUT2D eigenvalue weighted by Crippen LogP contribution is -2.40. The Morgan fingerprint density at radius 3 is 1.81 bits per heavy atom. The average Bonchev–Trinajstić information content (AvgIpc) is 3.42. The number of hydrogen-bond donors (Lipinski definition) is 1. The molecule has 0 unspecified atom stereocenters. The molecule has 1 aliphatic rings. The Balaban J connectivity index is 1.63. The van der Waals surface area contributed by atoms with Crippen LogP contribution in [0.3, 0.4) is 0 Å². The Hall–Kier alpha value is -4.23. The predicted molar refractivity (Wildman–Crippen MR) is 166 cm³/mol. The number of aromatic nitrogens is 2. The fourth-order valence-corrected chi connectivity index (χ4v) is 5.04. The number of carbonyl (C=O) groups is 2. The van der Waals surface area contributed by atoms with Gasteiger partial charge < -0.3 is 14.7 Å². The number of carboxylic acids is 1. The highest BCUT2D eigenvalue weighted by molar-refractivity contribution is 5.94. The Bertz CT molecular complexity index is 1570. The van der Waals surface area contributed by atoms with Gasteiger partial charge in [-0.15, -0.1) is 0 Å². The van der Waals surface area contributed by atoms with E-state index in [1.807, 2.05) is 33.8 Å². The fourth-order valence-electron chi connectivity index (χ4n) is 5.04. The standard InChI is InChI=1S/C35H39N3O4/c1-34(2,3)27-19-26(20-28(21-27)35(4,5)6)31-22-30(23-7-9-25(10-8-23)33(40)41)36-38(31)29-13-11-24(12-14-29)32(39)37-15-17-42-18-16-37/h7-14,19-22H,15-18H2,1-6H3,(H,40,41). The van der Waals surface area contributed by atoms with E-state index < -0.39 is 5.97 Å². The zero-order valence-electron chi connectivity index (χ0n) is 25.3. The molecule has 0 aliphatic carbocycles. The Labute approximate surface area is 247 Å². The number of carbonyl (C=O) groups excluding carboxylic acids is 1. The van der Waals surface area contributed by atoms with E-state index in [4.69, 9.17) is 9.84 Å². The summed E-state index contributed by atoms with van der Waals surface area (Å²) in [5, 5.41) is 14.4. The average molecular weight is 566 g/mol.